The van der Waals surface area contributed by atoms with Crippen molar-refractivity contribution in [1.82, 2.24) is 0 Å². The van der Waals surface area contributed by atoms with Crippen molar-refractivity contribution in [2.75, 3.05) is 13.2 Å². The van der Waals surface area contributed by atoms with Gasteiger partial charge in [-0.2, -0.15) is 0 Å². The van der Waals surface area contributed by atoms with Crippen molar-refractivity contribution in [2.24, 2.45) is 0 Å². The monoisotopic (exact) mass is 918 g/mol. The van der Waals surface area contributed by atoms with Gasteiger partial charge in [0.05, 0.1) is 23.8 Å². The van der Waals surface area contributed by atoms with Gasteiger partial charge >= 0.3 is 47.8 Å². The number of aliphatic hydroxyl groups is 1. The third-order valence-electron chi connectivity index (χ3n) is 9.78. The molecule has 22 heteroatoms. The first-order chi connectivity index (χ1) is 30.8. The van der Waals surface area contributed by atoms with Crippen LogP contribution >= 0.6 is 0 Å². The first-order valence-corrected chi connectivity index (χ1v) is 20.3. The molecular weight excluding hydrogens is 868 g/mol. The zero-order chi connectivity index (χ0) is 47.5. The average molecular weight is 919 g/mol. The first kappa shape index (κ1) is 50.0. The Morgan fingerprint density at radius 2 is 0.985 bits per heavy atom. The summed E-state index contributed by atoms with van der Waals surface area (Å²) in [6.07, 6.45) is -23.7. The van der Waals surface area contributed by atoms with E-state index in [4.69, 9.17) is 61.6 Å². The molecule has 65 heavy (non-hydrogen) atoms. The van der Waals surface area contributed by atoms with E-state index in [1.165, 1.54) is 31.2 Å². The standard InChI is InChI=1S/C43H50O22/c1-20-31(62-39(50)27-14-10-8-11-15-27)34(63-40(51)28-16-12-9-13-17-28)38(65-42-37(60-26(7)49)33(58-24(5)47)29(19-54-42)56-22(3)45)43(55-20)64-35-32(57-23(4)46)30(18-53-21(2)44)61-41(52)36(35)59-25(6)48/h8-17,20,29-38,41-43,52H,18-19H2,1-7H3/t20-,29-,30+,31-,32+,33-,34+,35-,36+,37+,38+,41-,42-,43-/m0/s1. The topological polar surface area (TPSA) is 277 Å². The molecule has 0 spiro atoms. The smallest absolute Gasteiger partial charge is 0.338 e. The van der Waals surface area contributed by atoms with Crippen LogP contribution in [0, 0.1) is 0 Å². The van der Waals surface area contributed by atoms with Crippen LogP contribution in [-0.4, -0.2) is 152 Å². The number of aliphatic hydroxyl groups excluding tert-OH is 1. The molecule has 5 rings (SSSR count). The van der Waals surface area contributed by atoms with E-state index in [1.54, 1.807) is 36.4 Å². The maximum absolute atomic E-state index is 14.0. The molecule has 0 aliphatic carbocycles. The molecule has 0 radical (unpaired) electrons. The summed E-state index contributed by atoms with van der Waals surface area (Å²) in [5.74, 6) is -7.20. The van der Waals surface area contributed by atoms with Crippen LogP contribution in [0.3, 0.4) is 0 Å². The van der Waals surface area contributed by atoms with Gasteiger partial charge in [0, 0.05) is 41.5 Å². The lowest BCUT2D eigenvalue weighted by Crippen LogP contribution is -2.67. The van der Waals surface area contributed by atoms with Crippen molar-refractivity contribution in [3.05, 3.63) is 71.8 Å². The Kier molecular flexibility index (Phi) is 17.5. The molecule has 3 saturated heterocycles. The fraction of sp³-hybridized carbons (Fsp3) is 0.535. The summed E-state index contributed by atoms with van der Waals surface area (Å²) in [5.41, 5.74) is 0.103. The Morgan fingerprint density at radius 1 is 0.508 bits per heavy atom. The molecule has 0 unspecified atom stereocenters. The molecule has 14 atom stereocenters. The summed E-state index contributed by atoms with van der Waals surface area (Å²) in [6.45, 7) is 6.53. The van der Waals surface area contributed by atoms with Gasteiger partial charge in [0.25, 0.3) is 0 Å². The minimum Gasteiger partial charge on any atom is -0.463 e. The van der Waals surface area contributed by atoms with Gasteiger partial charge in [-0.25, -0.2) is 9.59 Å². The van der Waals surface area contributed by atoms with Gasteiger partial charge in [-0.05, 0) is 31.2 Å². The molecule has 354 valence electrons. The summed E-state index contributed by atoms with van der Waals surface area (Å²) in [5, 5.41) is 11.2. The molecular formula is C43H50O22. The fourth-order valence-corrected chi connectivity index (χ4v) is 7.23. The summed E-state index contributed by atoms with van der Waals surface area (Å²) in [4.78, 5) is 102. The number of hydrogen-bond acceptors (Lipinski definition) is 22. The van der Waals surface area contributed by atoms with Gasteiger partial charge in [-0.3, -0.25) is 28.8 Å². The van der Waals surface area contributed by atoms with Gasteiger partial charge < -0.3 is 66.7 Å². The Bertz CT molecular complexity index is 2010. The lowest BCUT2D eigenvalue weighted by Gasteiger charge is -2.49. The van der Waals surface area contributed by atoms with Gasteiger partial charge in [0.1, 0.15) is 18.8 Å². The van der Waals surface area contributed by atoms with Crippen LogP contribution in [0.1, 0.15) is 69.2 Å². The Balaban J connectivity index is 1.68. The first-order valence-electron chi connectivity index (χ1n) is 20.3. The molecule has 0 aromatic heterocycles. The van der Waals surface area contributed by atoms with Crippen LogP contribution in [0.5, 0.6) is 0 Å². The number of rotatable bonds is 15. The van der Waals surface area contributed by atoms with E-state index in [0.717, 1.165) is 41.5 Å². The highest BCUT2D eigenvalue weighted by molar-refractivity contribution is 5.90. The zero-order valence-electron chi connectivity index (χ0n) is 36.3. The van der Waals surface area contributed by atoms with Crippen molar-refractivity contribution in [2.45, 2.75) is 134 Å². The van der Waals surface area contributed by atoms with Crippen LogP contribution in [0.2, 0.25) is 0 Å². The van der Waals surface area contributed by atoms with Gasteiger partial charge in [-0.15, -0.1) is 0 Å². The predicted molar refractivity (Wildman–Crippen MR) is 210 cm³/mol. The maximum Gasteiger partial charge on any atom is 0.338 e. The third-order valence-corrected chi connectivity index (χ3v) is 9.78. The molecule has 0 saturated carbocycles. The number of hydrogen-bond donors (Lipinski definition) is 1. The van der Waals surface area contributed by atoms with E-state index < -0.39 is 147 Å². The molecule has 2 aromatic carbocycles. The van der Waals surface area contributed by atoms with Gasteiger partial charge in [0.15, 0.2) is 67.7 Å². The van der Waals surface area contributed by atoms with Crippen LogP contribution in [0.25, 0.3) is 0 Å². The molecule has 3 fully saturated rings. The highest BCUT2D eigenvalue weighted by Gasteiger charge is 2.58. The SMILES string of the molecule is CC(=O)OC[C@H]1O[C@H](O)[C@H](OC(C)=O)[C@@H](O[C@@H]2O[C@@H](C)[C@H](OC(=O)c3ccccc3)[C@@H](OC(=O)c3ccccc3)[C@H]2O[C@@H]2OC[C@H](OC(C)=O)[C@H](OC(C)=O)[C@H]2OC(C)=O)[C@@H]1OC(C)=O. The van der Waals surface area contributed by atoms with Crippen molar-refractivity contribution in [1.29, 1.82) is 0 Å². The number of carbonyl (C=O) groups is 8. The van der Waals surface area contributed by atoms with E-state index in [9.17, 15) is 43.5 Å². The molecule has 3 aliphatic heterocycles. The van der Waals surface area contributed by atoms with Crippen LogP contribution in [0.4, 0.5) is 0 Å². The average Bonchev–Trinajstić information content (AvgIpc) is 3.23. The fourth-order valence-electron chi connectivity index (χ4n) is 7.23. The summed E-state index contributed by atoms with van der Waals surface area (Å²) in [7, 11) is 0. The van der Waals surface area contributed by atoms with E-state index in [2.05, 4.69) is 0 Å². The van der Waals surface area contributed by atoms with Crippen molar-refractivity contribution in [3.8, 4) is 0 Å². The normalized spacial score (nSPS) is 30.9. The third kappa shape index (κ3) is 13.5. The highest BCUT2D eigenvalue weighted by Crippen LogP contribution is 2.37. The van der Waals surface area contributed by atoms with Crippen molar-refractivity contribution in [3.63, 3.8) is 0 Å². The van der Waals surface area contributed by atoms with Crippen LogP contribution in [0.15, 0.2) is 60.7 Å². The number of esters is 8. The highest BCUT2D eigenvalue weighted by atomic mass is 16.8. The summed E-state index contributed by atoms with van der Waals surface area (Å²) in [6, 6.07) is 15.3. The quantitative estimate of drug-likeness (QED) is 0.194. The molecule has 0 amide bonds. The zero-order valence-corrected chi connectivity index (χ0v) is 36.3. The van der Waals surface area contributed by atoms with E-state index in [1.807, 2.05) is 0 Å². The second-order valence-corrected chi connectivity index (χ2v) is 14.9. The summed E-state index contributed by atoms with van der Waals surface area (Å²) < 4.78 is 75.6. The largest absolute Gasteiger partial charge is 0.463 e. The minimum absolute atomic E-state index is 0.0209. The maximum atomic E-state index is 14.0. The molecule has 2 aromatic rings. The van der Waals surface area contributed by atoms with Crippen LogP contribution < -0.4 is 0 Å². The molecule has 0 bridgehead atoms. The Labute approximate surface area is 371 Å². The predicted octanol–water partition coefficient (Wildman–Crippen LogP) is 1.25. The minimum atomic E-state index is -2.03. The second kappa shape index (κ2) is 22.7. The second-order valence-electron chi connectivity index (χ2n) is 14.9. The molecule has 3 aliphatic rings. The van der Waals surface area contributed by atoms with Gasteiger partial charge in [0.2, 0.25) is 0 Å². The van der Waals surface area contributed by atoms with E-state index in [0.29, 0.717) is 0 Å². The van der Waals surface area contributed by atoms with Crippen molar-refractivity contribution >= 4 is 47.8 Å². The van der Waals surface area contributed by atoms with Crippen LogP contribution in [-0.2, 0) is 90.3 Å². The molecule has 3 heterocycles. The van der Waals surface area contributed by atoms with Gasteiger partial charge in [-0.1, -0.05) is 36.4 Å². The number of carbonyl (C=O) groups excluding carboxylic acids is 8. The lowest BCUT2D eigenvalue weighted by molar-refractivity contribution is -0.378. The van der Waals surface area contributed by atoms with E-state index in [-0.39, 0.29) is 11.1 Å². The lowest BCUT2D eigenvalue weighted by atomic mass is 9.96. The van der Waals surface area contributed by atoms with Crippen molar-refractivity contribution < 1.29 is 105 Å². The summed E-state index contributed by atoms with van der Waals surface area (Å²) >= 11 is 0. The van der Waals surface area contributed by atoms with E-state index >= 15 is 0 Å². The Morgan fingerprint density at radius 3 is 1.51 bits per heavy atom. The Hall–Kier alpha value is -6.04. The molecule has 1 N–H and O–H groups in total. The number of benzene rings is 2. The molecule has 22 nitrogen and oxygen atoms in total. The number of ether oxygens (including phenoxy) is 13.